The molecule has 23 heavy (non-hydrogen) atoms. The van der Waals surface area contributed by atoms with E-state index in [-0.39, 0.29) is 11.9 Å². The number of fused-ring (bicyclic) bond motifs is 1. The Morgan fingerprint density at radius 3 is 2.91 bits per heavy atom. The van der Waals surface area contributed by atoms with Crippen molar-refractivity contribution in [3.63, 3.8) is 0 Å². The number of nitrogens with zero attached hydrogens (tertiary/aromatic N) is 3. The molecule has 0 aromatic carbocycles. The van der Waals surface area contributed by atoms with Crippen LogP contribution in [0.1, 0.15) is 28.5 Å². The summed E-state index contributed by atoms with van der Waals surface area (Å²) < 4.78 is 7.08. The van der Waals surface area contributed by atoms with Gasteiger partial charge in [0.1, 0.15) is 18.0 Å². The molecule has 122 valence electrons. The minimum atomic E-state index is 0.123. The predicted octanol–water partition coefficient (Wildman–Crippen LogP) is 1.12. The highest BCUT2D eigenvalue weighted by Gasteiger charge is 2.34. The molecule has 1 aliphatic rings. The van der Waals surface area contributed by atoms with Crippen molar-refractivity contribution in [1.29, 1.82) is 0 Å². The van der Waals surface area contributed by atoms with Crippen LogP contribution in [0.25, 0.3) is 4.96 Å². The Morgan fingerprint density at radius 1 is 1.43 bits per heavy atom. The number of hydrogen-bond donors (Lipinski definition) is 2. The second-order valence-corrected chi connectivity index (χ2v) is 7.57. The first kappa shape index (κ1) is 15.1. The van der Waals surface area contributed by atoms with Gasteiger partial charge in [0.15, 0.2) is 11.9 Å². The van der Waals surface area contributed by atoms with Crippen molar-refractivity contribution in [1.82, 2.24) is 14.6 Å². The molecular weight excluding hydrogens is 332 g/mol. The monoisotopic (exact) mass is 351 g/mol. The molecule has 1 aliphatic heterocycles. The standard InChI is InChI=1S/C15H18N4O2S2/c1-2-11-16-15-19(17-11)14(20)13(23-15)12(10-4-3-9-22-10)18-5-7-21-8-6-18/h3-4,9,12,20H,2,5-8H2,1H3/p+1/t12-/m1/s1. The Kier molecular flexibility index (Phi) is 4.06. The molecule has 2 N–H and O–H groups in total. The summed E-state index contributed by atoms with van der Waals surface area (Å²) in [5.41, 5.74) is 0. The van der Waals surface area contributed by atoms with Crippen LogP contribution in [0.15, 0.2) is 17.5 Å². The van der Waals surface area contributed by atoms with Crippen LogP contribution in [0.5, 0.6) is 5.88 Å². The van der Waals surface area contributed by atoms with Gasteiger partial charge in [-0.1, -0.05) is 24.3 Å². The molecule has 8 heteroatoms. The minimum Gasteiger partial charge on any atom is -0.492 e. The summed E-state index contributed by atoms with van der Waals surface area (Å²) in [6.07, 6.45) is 0.770. The molecule has 3 aromatic heterocycles. The highest BCUT2D eigenvalue weighted by Crippen LogP contribution is 2.36. The van der Waals surface area contributed by atoms with Crippen molar-refractivity contribution >= 4 is 27.6 Å². The third kappa shape index (κ3) is 2.65. The Labute approximate surface area is 142 Å². The zero-order valence-corrected chi connectivity index (χ0v) is 14.5. The second kappa shape index (κ2) is 6.20. The molecule has 3 aromatic rings. The lowest BCUT2D eigenvalue weighted by molar-refractivity contribution is -0.932. The van der Waals surface area contributed by atoms with Gasteiger partial charge in [-0.2, -0.15) is 4.52 Å². The van der Waals surface area contributed by atoms with Gasteiger partial charge in [0.25, 0.3) is 0 Å². The van der Waals surface area contributed by atoms with Gasteiger partial charge in [-0.15, -0.1) is 16.4 Å². The largest absolute Gasteiger partial charge is 0.492 e. The maximum Gasteiger partial charge on any atom is 0.235 e. The number of morpholine rings is 1. The summed E-state index contributed by atoms with van der Waals surface area (Å²) in [4.78, 5) is 8.90. The number of thiazole rings is 1. The number of thiophene rings is 1. The summed E-state index contributed by atoms with van der Waals surface area (Å²) in [7, 11) is 0. The normalized spacial score (nSPS) is 17.8. The van der Waals surface area contributed by atoms with E-state index in [2.05, 4.69) is 27.6 Å². The summed E-state index contributed by atoms with van der Waals surface area (Å²) in [5.74, 6) is 0.999. The van der Waals surface area contributed by atoms with Crippen molar-refractivity contribution < 1.29 is 14.7 Å². The first-order valence-corrected chi connectivity index (χ1v) is 9.50. The van der Waals surface area contributed by atoms with Gasteiger partial charge in [0.05, 0.1) is 18.1 Å². The molecule has 6 nitrogen and oxygen atoms in total. The Bertz CT molecular complexity index is 790. The third-order valence-corrected chi connectivity index (χ3v) is 6.22. The highest BCUT2D eigenvalue weighted by molar-refractivity contribution is 7.17. The maximum absolute atomic E-state index is 10.7. The number of nitrogens with one attached hydrogen (secondary N) is 1. The SMILES string of the molecule is CCc1nc2sc([C@@H](c3cccs3)[NH+]3CCOCC3)c(O)n2n1. The van der Waals surface area contributed by atoms with Crippen LogP contribution >= 0.6 is 22.7 Å². The van der Waals surface area contributed by atoms with Crippen molar-refractivity contribution in [3.05, 3.63) is 33.1 Å². The van der Waals surface area contributed by atoms with Crippen molar-refractivity contribution in [2.24, 2.45) is 0 Å². The number of aromatic hydroxyl groups is 1. The van der Waals surface area contributed by atoms with Crippen LogP contribution in [-0.2, 0) is 11.2 Å². The highest BCUT2D eigenvalue weighted by atomic mass is 32.1. The van der Waals surface area contributed by atoms with Gasteiger partial charge in [0, 0.05) is 6.42 Å². The number of hydrogen-bond acceptors (Lipinski definition) is 6. The van der Waals surface area contributed by atoms with Crippen LogP contribution < -0.4 is 4.90 Å². The van der Waals surface area contributed by atoms with Crippen LogP contribution in [-0.4, -0.2) is 46.0 Å². The number of quaternary nitrogens is 1. The Hall–Kier alpha value is -1.48. The fourth-order valence-corrected chi connectivity index (χ4v) is 5.14. The van der Waals surface area contributed by atoms with E-state index in [9.17, 15) is 5.11 Å². The predicted molar refractivity (Wildman–Crippen MR) is 89.6 cm³/mol. The number of aryl methyl sites for hydroxylation is 1. The lowest BCUT2D eigenvalue weighted by atomic mass is 10.1. The molecule has 0 spiro atoms. The fraction of sp³-hybridized carbons (Fsp3) is 0.467. The van der Waals surface area contributed by atoms with Crippen LogP contribution in [0.3, 0.4) is 0 Å². The van der Waals surface area contributed by atoms with Crippen molar-refractivity contribution in [2.45, 2.75) is 19.4 Å². The molecule has 0 aliphatic carbocycles. The van der Waals surface area contributed by atoms with E-state index in [0.29, 0.717) is 0 Å². The second-order valence-electron chi connectivity index (χ2n) is 5.58. The molecule has 0 saturated carbocycles. The van der Waals surface area contributed by atoms with E-state index in [1.165, 1.54) is 9.78 Å². The van der Waals surface area contributed by atoms with Crippen molar-refractivity contribution in [3.8, 4) is 5.88 Å². The van der Waals surface area contributed by atoms with Crippen molar-refractivity contribution in [2.75, 3.05) is 26.3 Å². The van der Waals surface area contributed by atoms with Gasteiger partial charge in [-0.05, 0) is 11.4 Å². The fourth-order valence-electron chi connectivity index (χ4n) is 3.02. The molecule has 1 fully saturated rings. The molecule has 0 radical (unpaired) electrons. The van der Waals surface area contributed by atoms with E-state index >= 15 is 0 Å². The molecule has 0 amide bonds. The lowest BCUT2D eigenvalue weighted by Gasteiger charge is -2.30. The number of aromatic nitrogens is 3. The van der Waals surface area contributed by atoms with E-state index in [0.717, 1.165) is 48.4 Å². The summed E-state index contributed by atoms with van der Waals surface area (Å²) in [6.45, 7) is 5.42. The topological polar surface area (TPSA) is 64.1 Å². The first-order valence-electron chi connectivity index (χ1n) is 7.81. The van der Waals surface area contributed by atoms with Crippen LogP contribution in [0, 0.1) is 0 Å². The Balaban J connectivity index is 1.79. The van der Waals surface area contributed by atoms with Gasteiger partial charge in [0.2, 0.25) is 10.8 Å². The minimum absolute atomic E-state index is 0.123. The number of ether oxygens (including phenoxy) is 1. The average molecular weight is 351 g/mol. The van der Waals surface area contributed by atoms with Crippen LogP contribution in [0.4, 0.5) is 0 Å². The molecule has 0 bridgehead atoms. The first-order chi connectivity index (χ1) is 11.3. The van der Waals surface area contributed by atoms with Crippen LogP contribution in [0.2, 0.25) is 0 Å². The molecular formula is C15H19N4O2S2+. The Morgan fingerprint density at radius 2 is 2.26 bits per heavy atom. The van der Waals surface area contributed by atoms with Gasteiger partial charge in [-0.25, -0.2) is 4.98 Å². The quantitative estimate of drug-likeness (QED) is 0.740. The third-order valence-electron chi connectivity index (χ3n) is 4.19. The summed E-state index contributed by atoms with van der Waals surface area (Å²) in [6, 6.07) is 4.33. The van der Waals surface area contributed by atoms with Gasteiger partial charge in [-0.3, -0.25) is 0 Å². The van der Waals surface area contributed by atoms with E-state index in [4.69, 9.17) is 4.74 Å². The molecule has 4 heterocycles. The molecule has 1 saturated heterocycles. The van der Waals surface area contributed by atoms with E-state index in [1.807, 2.05) is 6.92 Å². The molecule has 0 unspecified atom stereocenters. The number of rotatable bonds is 4. The maximum atomic E-state index is 10.7. The summed E-state index contributed by atoms with van der Waals surface area (Å²) in [5, 5.41) is 17.2. The average Bonchev–Trinajstić information content (AvgIpc) is 3.29. The molecule has 1 atom stereocenters. The zero-order chi connectivity index (χ0) is 15.8. The van der Waals surface area contributed by atoms with Gasteiger partial charge < -0.3 is 14.7 Å². The smallest absolute Gasteiger partial charge is 0.235 e. The van der Waals surface area contributed by atoms with E-state index < -0.39 is 0 Å². The summed E-state index contributed by atoms with van der Waals surface area (Å²) >= 11 is 3.28. The molecule has 4 rings (SSSR count). The van der Waals surface area contributed by atoms with E-state index in [1.54, 1.807) is 27.2 Å². The van der Waals surface area contributed by atoms with Gasteiger partial charge >= 0.3 is 0 Å². The lowest BCUT2D eigenvalue weighted by Crippen LogP contribution is -3.14. The zero-order valence-electron chi connectivity index (χ0n) is 12.9.